The fraction of sp³-hybridized carbons (Fsp3) is 0.167. The first-order chi connectivity index (χ1) is 8.55. The molecular weight excluding hydrogens is 257 g/mol. The molecule has 1 heterocycles. The van der Waals surface area contributed by atoms with E-state index in [1.54, 1.807) is 12.1 Å². The van der Waals surface area contributed by atoms with Gasteiger partial charge in [-0.05, 0) is 29.8 Å². The molecule has 4 nitrogen and oxygen atoms in total. The van der Waals surface area contributed by atoms with E-state index in [0.29, 0.717) is 11.3 Å². The fourth-order valence-corrected chi connectivity index (χ4v) is 2.54. The Kier molecular flexibility index (Phi) is 3.78. The van der Waals surface area contributed by atoms with Crippen molar-refractivity contribution in [1.82, 2.24) is 4.72 Å². The summed E-state index contributed by atoms with van der Waals surface area (Å²) in [7, 11) is -3.46. The van der Waals surface area contributed by atoms with Gasteiger partial charge in [-0.3, -0.25) is 0 Å². The molecule has 0 saturated carbocycles. The van der Waals surface area contributed by atoms with Gasteiger partial charge >= 0.3 is 0 Å². The second-order valence-corrected chi connectivity index (χ2v) is 5.59. The van der Waals surface area contributed by atoms with Crippen molar-refractivity contribution in [3.05, 3.63) is 59.8 Å². The lowest BCUT2D eigenvalue weighted by Crippen LogP contribution is -2.24. The molecule has 2 aromatic rings. The zero-order chi connectivity index (χ0) is 13.0. The molecular formula is C12H12FNO3S. The molecule has 0 unspecified atom stereocenters. The van der Waals surface area contributed by atoms with E-state index in [1.165, 1.54) is 30.5 Å². The molecule has 1 N–H and O–H groups in total. The maximum atomic E-state index is 12.7. The highest BCUT2D eigenvalue weighted by atomic mass is 32.2. The van der Waals surface area contributed by atoms with Crippen molar-refractivity contribution in [3.63, 3.8) is 0 Å². The summed E-state index contributed by atoms with van der Waals surface area (Å²) in [6.45, 7) is 0.108. The van der Waals surface area contributed by atoms with Gasteiger partial charge in [-0.2, -0.15) is 0 Å². The summed E-state index contributed by atoms with van der Waals surface area (Å²) in [5.74, 6) is -0.0362. The smallest absolute Gasteiger partial charge is 0.216 e. The largest absolute Gasteiger partial charge is 0.468 e. The van der Waals surface area contributed by atoms with E-state index in [-0.39, 0.29) is 18.1 Å². The first-order valence-electron chi connectivity index (χ1n) is 5.29. The third kappa shape index (κ3) is 3.68. The predicted octanol–water partition coefficient (Wildman–Crippen LogP) is 2.04. The van der Waals surface area contributed by atoms with E-state index in [0.717, 1.165) is 0 Å². The number of benzene rings is 1. The molecule has 0 aliphatic rings. The van der Waals surface area contributed by atoms with Crippen LogP contribution in [0, 0.1) is 5.82 Å². The summed E-state index contributed by atoms with van der Waals surface area (Å²) >= 11 is 0. The third-order valence-corrected chi connectivity index (χ3v) is 3.61. The number of hydrogen-bond donors (Lipinski definition) is 1. The Bertz CT molecular complexity index is 591. The van der Waals surface area contributed by atoms with Gasteiger partial charge in [-0.25, -0.2) is 17.5 Å². The maximum Gasteiger partial charge on any atom is 0.216 e. The van der Waals surface area contributed by atoms with Crippen molar-refractivity contribution in [2.75, 3.05) is 0 Å². The van der Waals surface area contributed by atoms with Gasteiger partial charge in [0.2, 0.25) is 10.0 Å². The highest BCUT2D eigenvalue weighted by Gasteiger charge is 2.11. The van der Waals surface area contributed by atoms with Crippen molar-refractivity contribution in [2.45, 2.75) is 12.3 Å². The summed E-state index contributed by atoms with van der Waals surface area (Å²) in [4.78, 5) is 0. The van der Waals surface area contributed by atoms with Crippen molar-refractivity contribution in [1.29, 1.82) is 0 Å². The van der Waals surface area contributed by atoms with E-state index in [1.807, 2.05) is 0 Å². The zero-order valence-corrected chi connectivity index (χ0v) is 10.3. The van der Waals surface area contributed by atoms with Gasteiger partial charge in [0, 0.05) is 0 Å². The van der Waals surface area contributed by atoms with E-state index in [9.17, 15) is 12.8 Å². The van der Waals surface area contributed by atoms with Crippen molar-refractivity contribution >= 4 is 10.0 Å². The molecule has 0 spiro atoms. The topological polar surface area (TPSA) is 59.3 Å². The fourth-order valence-electron chi connectivity index (χ4n) is 1.45. The molecule has 1 aromatic carbocycles. The lowest BCUT2D eigenvalue weighted by atomic mass is 10.2. The molecule has 0 fully saturated rings. The summed E-state index contributed by atoms with van der Waals surface area (Å²) in [6.07, 6.45) is 1.48. The molecule has 0 aliphatic carbocycles. The van der Waals surface area contributed by atoms with Crippen LogP contribution in [-0.4, -0.2) is 8.42 Å². The van der Waals surface area contributed by atoms with Crippen LogP contribution in [0.3, 0.4) is 0 Å². The lowest BCUT2D eigenvalue weighted by molar-refractivity contribution is 0.498. The summed E-state index contributed by atoms with van der Waals surface area (Å²) in [6, 6.07) is 8.72. The van der Waals surface area contributed by atoms with Crippen LogP contribution < -0.4 is 4.72 Å². The Labute approximate surface area is 104 Å². The van der Waals surface area contributed by atoms with Gasteiger partial charge in [0.05, 0.1) is 18.6 Å². The van der Waals surface area contributed by atoms with Crippen LogP contribution in [0.15, 0.2) is 47.1 Å². The number of rotatable bonds is 5. The van der Waals surface area contributed by atoms with Crippen LogP contribution >= 0.6 is 0 Å². The van der Waals surface area contributed by atoms with Crippen LogP contribution in [-0.2, 0) is 22.3 Å². The standard InChI is InChI=1S/C12H12FNO3S/c13-11-5-3-10(4-6-11)9-18(15,16)14-8-12-2-1-7-17-12/h1-7,14H,8-9H2. The van der Waals surface area contributed by atoms with Crippen LogP contribution in [0.25, 0.3) is 0 Å². The molecule has 0 aliphatic heterocycles. The quantitative estimate of drug-likeness (QED) is 0.903. The van der Waals surface area contributed by atoms with Gasteiger partial charge in [0.1, 0.15) is 11.6 Å². The minimum atomic E-state index is -3.46. The number of sulfonamides is 1. The number of hydrogen-bond acceptors (Lipinski definition) is 3. The molecule has 18 heavy (non-hydrogen) atoms. The first kappa shape index (κ1) is 12.8. The second kappa shape index (κ2) is 5.32. The van der Waals surface area contributed by atoms with Gasteiger partial charge in [-0.1, -0.05) is 12.1 Å². The van der Waals surface area contributed by atoms with E-state index in [2.05, 4.69) is 4.72 Å². The van der Waals surface area contributed by atoms with E-state index >= 15 is 0 Å². The van der Waals surface area contributed by atoms with Gasteiger partial charge < -0.3 is 4.42 Å². The molecule has 0 radical (unpaired) electrons. The van der Waals surface area contributed by atoms with Crippen molar-refractivity contribution in [3.8, 4) is 0 Å². The summed E-state index contributed by atoms with van der Waals surface area (Å²) in [5.41, 5.74) is 0.531. The molecule has 6 heteroatoms. The molecule has 0 saturated heterocycles. The highest BCUT2D eigenvalue weighted by molar-refractivity contribution is 7.88. The van der Waals surface area contributed by atoms with Crippen molar-refractivity contribution in [2.24, 2.45) is 0 Å². The number of furan rings is 1. The van der Waals surface area contributed by atoms with E-state index < -0.39 is 10.0 Å². The molecule has 0 atom stereocenters. The second-order valence-electron chi connectivity index (χ2n) is 3.79. The predicted molar refractivity (Wildman–Crippen MR) is 64.6 cm³/mol. The highest BCUT2D eigenvalue weighted by Crippen LogP contribution is 2.07. The van der Waals surface area contributed by atoms with Crippen molar-refractivity contribution < 1.29 is 17.2 Å². The van der Waals surface area contributed by atoms with E-state index in [4.69, 9.17) is 4.42 Å². The number of halogens is 1. The molecule has 1 aromatic heterocycles. The SMILES string of the molecule is O=S(=O)(Cc1ccc(F)cc1)NCc1ccco1. The Morgan fingerprint density at radius 2 is 1.89 bits per heavy atom. The minimum absolute atomic E-state index is 0.108. The summed E-state index contributed by atoms with van der Waals surface area (Å²) < 4.78 is 43.6. The molecule has 2 rings (SSSR count). The summed E-state index contributed by atoms with van der Waals surface area (Å²) in [5, 5.41) is 0. The molecule has 96 valence electrons. The van der Waals surface area contributed by atoms with Gasteiger partial charge in [0.25, 0.3) is 0 Å². The zero-order valence-electron chi connectivity index (χ0n) is 9.47. The third-order valence-electron chi connectivity index (χ3n) is 2.32. The van der Waals surface area contributed by atoms with Crippen LogP contribution in [0.2, 0.25) is 0 Å². The Morgan fingerprint density at radius 1 is 1.17 bits per heavy atom. The van der Waals surface area contributed by atoms with Crippen LogP contribution in [0.5, 0.6) is 0 Å². The average Bonchev–Trinajstić information content (AvgIpc) is 2.83. The van der Waals surface area contributed by atoms with Gasteiger partial charge in [0.15, 0.2) is 0 Å². The van der Waals surface area contributed by atoms with Crippen LogP contribution in [0.1, 0.15) is 11.3 Å². The first-order valence-corrected chi connectivity index (χ1v) is 6.94. The lowest BCUT2D eigenvalue weighted by Gasteiger charge is -2.05. The average molecular weight is 269 g/mol. The Balaban J connectivity index is 1.97. The monoisotopic (exact) mass is 269 g/mol. The Morgan fingerprint density at radius 3 is 2.50 bits per heavy atom. The molecule has 0 amide bonds. The minimum Gasteiger partial charge on any atom is -0.468 e. The van der Waals surface area contributed by atoms with Gasteiger partial charge in [-0.15, -0.1) is 0 Å². The molecule has 0 bridgehead atoms. The normalized spacial score (nSPS) is 11.6. The Hall–Kier alpha value is -1.66. The van der Waals surface area contributed by atoms with Crippen LogP contribution in [0.4, 0.5) is 4.39 Å². The maximum absolute atomic E-state index is 12.7. The number of nitrogens with one attached hydrogen (secondary N) is 1.